The van der Waals surface area contributed by atoms with E-state index in [-0.39, 0.29) is 6.29 Å². The van der Waals surface area contributed by atoms with Crippen molar-refractivity contribution in [1.29, 1.82) is 0 Å². The summed E-state index contributed by atoms with van der Waals surface area (Å²) in [5, 5.41) is 9.17. The zero-order chi connectivity index (χ0) is 15.9. The van der Waals surface area contributed by atoms with E-state index in [4.69, 9.17) is 22.8 Å². The average Bonchev–Trinajstić information content (AvgIpc) is 3.18. The van der Waals surface area contributed by atoms with Crippen molar-refractivity contribution < 1.29 is 27.9 Å². The van der Waals surface area contributed by atoms with Gasteiger partial charge in [0.25, 0.3) is 0 Å². The van der Waals surface area contributed by atoms with E-state index < -0.39 is 23.0 Å². The number of hydrogen-bond acceptors (Lipinski definition) is 6. The molecular formula is C13H30O6Si2. The van der Waals surface area contributed by atoms with Crippen molar-refractivity contribution in [3.8, 4) is 0 Å². The largest absolute Gasteiger partial charge is 0.436 e. The predicted molar refractivity (Wildman–Crippen MR) is 85.0 cm³/mol. The van der Waals surface area contributed by atoms with Gasteiger partial charge in [-0.2, -0.15) is 0 Å². The summed E-state index contributed by atoms with van der Waals surface area (Å²) in [6.45, 7) is 10.5. The van der Waals surface area contributed by atoms with Crippen LogP contribution in [0, 0.1) is 0 Å². The lowest BCUT2D eigenvalue weighted by Crippen LogP contribution is -2.49. The van der Waals surface area contributed by atoms with Gasteiger partial charge in [0.15, 0.2) is 14.6 Å². The van der Waals surface area contributed by atoms with Crippen LogP contribution in [0.15, 0.2) is 0 Å². The number of ether oxygens (including phenoxy) is 3. The van der Waals surface area contributed by atoms with Crippen LogP contribution in [-0.2, 0) is 22.8 Å². The highest BCUT2D eigenvalue weighted by Crippen LogP contribution is 2.23. The molecular weight excluding hydrogens is 308 g/mol. The van der Waals surface area contributed by atoms with E-state index in [2.05, 4.69) is 19.6 Å². The Balaban J connectivity index is 2.29. The monoisotopic (exact) mass is 338 g/mol. The van der Waals surface area contributed by atoms with Crippen molar-refractivity contribution >= 4 is 16.9 Å². The van der Waals surface area contributed by atoms with E-state index in [1.165, 1.54) is 0 Å². The van der Waals surface area contributed by atoms with Gasteiger partial charge in [0.1, 0.15) is 6.61 Å². The summed E-state index contributed by atoms with van der Waals surface area (Å²) in [6.07, 6.45) is -0.435. The van der Waals surface area contributed by atoms with Gasteiger partial charge in [-0.3, -0.25) is 0 Å². The minimum Gasteiger partial charge on any atom is -0.436 e. The Hall–Kier alpha value is 0.194. The molecule has 0 radical (unpaired) electrons. The van der Waals surface area contributed by atoms with E-state index in [1.54, 1.807) is 14.0 Å². The molecule has 0 aliphatic carbocycles. The van der Waals surface area contributed by atoms with E-state index in [1.807, 2.05) is 0 Å². The first kappa shape index (κ1) is 19.2. The fourth-order valence-corrected chi connectivity index (χ4v) is 9.07. The van der Waals surface area contributed by atoms with E-state index >= 15 is 0 Å². The molecule has 0 spiro atoms. The van der Waals surface area contributed by atoms with Gasteiger partial charge < -0.3 is 27.9 Å². The first-order valence-corrected chi connectivity index (χ1v) is 13.1. The molecule has 21 heavy (non-hydrogen) atoms. The molecule has 0 saturated carbocycles. The predicted octanol–water partition coefficient (Wildman–Crippen LogP) is 1.70. The topological polar surface area (TPSA) is 69.7 Å². The molecule has 1 heterocycles. The second kappa shape index (κ2) is 8.73. The van der Waals surface area contributed by atoms with Crippen LogP contribution in [0.1, 0.15) is 6.92 Å². The van der Waals surface area contributed by atoms with E-state index in [0.717, 1.165) is 12.1 Å². The van der Waals surface area contributed by atoms with Crippen LogP contribution in [-0.4, -0.2) is 67.9 Å². The third-order valence-corrected chi connectivity index (χ3v) is 10.6. The van der Waals surface area contributed by atoms with E-state index in [9.17, 15) is 5.11 Å². The second-order valence-corrected chi connectivity index (χ2v) is 14.3. The molecule has 1 saturated heterocycles. The van der Waals surface area contributed by atoms with Crippen LogP contribution in [0.3, 0.4) is 0 Å². The van der Waals surface area contributed by atoms with Gasteiger partial charge in [0.2, 0.25) is 0 Å². The second-order valence-electron chi connectivity index (χ2n) is 6.26. The Morgan fingerprint density at radius 2 is 1.90 bits per heavy atom. The molecule has 0 bridgehead atoms. The van der Waals surface area contributed by atoms with Gasteiger partial charge in [0, 0.05) is 19.8 Å². The maximum atomic E-state index is 9.17. The van der Waals surface area contributed by atoms with Crippen LogP contribution >= 0.6 is 0 Å². The number of hydrogen-bond donors (Lipinski definition) is 1. The first-order valence-electron chi connectivity index (χ1n) is 7.51. The SMILES string of the molecule is CO[Si](C)(CCOC1CO1)O[Si](C)(C)CCOCC(C)O. The summed E-state index contributed by atoms with van der Waals surface area (Å²) in [7, 11) is -2.34. The Morgan fingerprint density at radius 1 is 1.24 bits per heavy atom. The maximum absolute atomic E-state index is 9.17. The Bertz CT molecular complexity index is 298. The van der Waals surface area contributed by atoms with Crippen molar-refractivity contribution in [1.82, 2.24) is 0 Å². The third-order valence-electron chi connectivity index (χ3n) is 3.29. The van der Waals surface area contributed by atoms with Crippen molar-refractivity contribution in [2.24, 2.45) is 0 Å². The summed E-state index contributed by atoms with van der Waals surface area (Å²) in [4.78, 5) is 0. The lowest BCUT2D eigenvalue weighted by Gasteiger charge is -2.34. The highest BCUT2D eigenvalue weighted by Gasteiger charge is 2.38. The maximum Gasteiger partial charge on any atom is 0.326 e. The molecule has 1 aliphatic heterocycles. The lowest BCUT2D eigenvalue weighted by atomic mass is 10.4. The lowest BCUT2D eigenvalue weighted by molar-refractivity contribution is 0.0510. The fraction of sp³-hybridized carbons (Fsp3) is 1.00. The standard InChI is InChI=1S/C13H30O6Si2/c1-12(14)10-16-6-8-20(3,4)19-21(5,15-2)9-7-17-13-11-18-13/h12-14H,6-11H2,1-5H3. The Kier molecular flexibility index (Phi) is 8.00. The number of rotatable bonds is 12. The van der Waals surface area contributed by atoms with E-state index in [0.29, 0.717) is 26.4 Å². The van der Waals surface area contributed by atoms with Gasteiger partial charge in [-0.15, -0.1) is 0 Å². The molecule has 3 unspecified atom stereocenters. The third kappa shape index (κ3) is 9.04. The number of aliphatic hydroxyl groups excluding tert-OH is 1. The van der Waals surface area contributed by atoms with Gasteiger partial charge in [-0.1, -0.05) is 0 Å². The molecule has 0 aromatic rings. The smallest absolute Gasteiger partial charge is 0.326 e. The van der Waals surface area contributed by atoms with Crippen LogP contribution in [0.2, 0.25) is 31.7 Å². The van der Waals surface area contributed by atoms with Gasteiger partial charge in [-0.05, 0) is 32.6 Å². The summed E-state index contributed by atoms with van der Waals surface area (Å²) in [5.74, 6) is 0. The summed E-state index contributed by atoms with van der Waals surface area (Å²) in [5.41, 5.74) is 0. The normalized spacial score (nSPS) is 22.9. The summed E-state index contributed by atoms with van der Waals surface area (Å²) >= 11 is 0. The minimum absolute atomic E-state index is 0.0146. The molecule has 0 aromatic heterocycles. The van der Waals surface area contributed by atoms with Crippen LogP contribution in [0.5, 0.6) is 0 Å². The molecule has 1 fully saturated rings. The zero-order valence-electron chi connectivity index (χ0n) is 13.9. The summed E-state index contributed by atoms with van der Waals surface area (Å²) in [6, 6.07) is 1.69. The van der Waals surface area contributed by atoms with Crippen LogP contribution < -0.4 is 0 Å². The summed E-state index contributed by atoms with van der Waals surface area (Å²) < 4.78 is 28.0. The highest BCUT2D eigenvalue weighted by molar-refractivity contribution is 6.82. The van der Waals surface area contributed by atoms with Gasteiger partial charge >= 0.3 is 8.56 Å². The Labute approximate surface area is 130 Å². The first-order chi connectivity index (χ1) is 9.76. The molecule has 126 valence electrons. The molecule has 1 rings (SSSR count). The van der Waals surface area contributed by atoms with Gasteiger partial charge in [-0.25, -0.2) is 0 Å². The van der Waals surface area contributed by atoms with Crippen LogP contribution in [0.4, 0.5) is 0 Å². The molecule has 0 aromatic carbocycles. The molecule has 3 atom stereocenters. The highest BCUT2D eigenvalue weighted by atomic mass is 28.4. The molecule has 6 nitrogen and oxygen atoms in total. The van der Waals surface area contributed by atoms with Gasteiger partial charge in [0.05, 0.1) is 19.3 Å². The van der Waals surface area contributed by atoms with Crippen LogP contribution in [0.25, 0.3) is 0 Å². The zero-order valence-corrected chi connectivity index (χ0v) is 15.9. The molecule has 1 aliphatic rings. The van der Waals surface area contributed by atoms with Crippen molar-refractivity contribution in [3.05, 3.63) is 0 Å². The van der Waals surface area contributed by atoms with Crippen molar-refractivity contribution in [3.63, 3.8) is 0 Å². The minimum atomic E-state index is -2.20. The average molecular weight is 339 g/mol. The number of epoxide rings is 1. The van der Waals surface area contributed by atoms with Crippen molar-refractivity contribution in [2.75, 3.05) is 33.5 Å². The molecule has 8 heteroatoms. The number of aliphatic hydroxyl groups is 1. The quantitative estimate of drug-likeness (QED) is 0.332. The Morgan fingerprint density at radius 3 is 2.43 bits per heavy atom. The molecule has 1 N–H and O–H groups in total. The molecule has 0 amide bonds. The fourth-order valence-electron chi connectivity index (χ4n) is 1.91. The van der Waals surface area contributed by atoms with Crippen molar-refractivity contribution in [2.45, 2.75) is 51.0 Å².